The number of ketones is 1. The van der Waals surface area contributed by atoms with Crippen LogP contribution in [-0.4, -0.2) is 40.8 Å². The second-order valence-electron chi connectivity index (χ2n) is 9.45. The molecule has 4 heteroatoms. The molecule has 0 aromatic heterocycles. The van der Waals surface area contributed by atoms with Gasteiger partial charge < -0.3 is 0 Å². The van der Waals surface area contributed by atoms with E-state index in [1.165, 1.54) is 17.2 Å². The number of piperazine rings is 1. The van der Waals surface area contributed by atoms with Gasteiger partial charge in [-0.05, 0) is 62.6 Å². The molecule has 1 heterocycles. The fraction of sp³-hybridized carbons (Fsp3) is 0.345. The summed E-state index contributed by atoms with van der Waals surface area (Å²) in [7, 11) is 0. The van der Waals surface area contributed by atoms with Crippen LogP contribution in [0.25, 0.3) is 0 Å². The van der Waals surface area contributed by atoms with Crippen molar-refractivity contribution >= 4 is 5.78 Å². The number of halogens is 1. The van der Waals surface area contributed by atoms with E-state index in [1.807, 2.05) is 24.3 Å². The molecular formula is C29H33FN2O. The highest BCUT2D eigenvalue weighted by Crippen LogP contribution is 2.34. The van der Waals surface area contributed by atoms with E-state index in [-0.39, 0.29) is 17.6 Å². The molecule has 1 fully saturated rings. The highest BCUT2D eigenvalue weighted by Gasteiger charge is 2.35. The number of aryl methyl sites for hydroxylation is 1. The first-order valence-corrected chi connectivity index (χ1v) is 11.7. The van der Waals surface area contributed by atoms with Gasteiger partial charge in [0.05, 0.1) is 6.04 Å². The molecule has 3 aromatic rings. The minimum absolute atomic E-state index is 0.0676. The van der Waals surface area contributed by atoms with E-state index < -0.39 is 0 Å². The fourth-order valence-corrected chi connectivity index (χ4v) is 5.02. The van der Waals surface area contributed by atoms with Gasteiger partial charge in [0.15, 0.2) is 5.78 Å². The molecule has 0 radical (unpaired) electrons. The Morgan fingerprint density at radius 3 is 2.33 bits per heavy atom. The third-order valence-electron chi connectivity index (χ3n) is 6.74. The maximum absolute atomic E-state index is 13.7. The van der Waals surface area contributed by atoms with Crippen molar-refractivity contribution in [2.24, 2.45) is 0 Å². The number of rotatable bonds is 6. The molecule has 0 bridgehead atoms. The molecule has 0 aliphatic carbocycles. The average molecular weight is 445 g/mol. The van der Waals surface area contributed by atoms with Crippen LogP contribution in [0, 0.1) is 12.7 Å². The zero-order valence-corrected chi connectivity index (χ0v) is 20.0. The van der Waals surface area contributed by atoms with Gasteiger partial charge in [0.25, 0.3) is 0 Å². The molecule has 3 nitrogen and oxygen atoms in total. The lowest BCUT2D eigenvalue weighted by Crippen LogP contribution is -2.56. The van der Waals surface area contributed by atoms with E-state index in [0.29, 0.717) is 12.1 Å². The van der Waals surface area contributed by atoms with Gasteiger partial charge in [0.2, 0.25) is 0 Å². The second-order valence-corrected chi connectivity index (χ2v) is 9.45. The highest BCUT2D eigenvalue weighted by atomic mass is 19.1. The Morgan fingerprint density at radius 2 is 1.64 bits per heavy atom. The van der Waals surface area contributed by atoms with Crippen LogP contribution in [0.4, 0.5) is 4.39 Å². The van der Waals surface area contributed by atoms with E-state index in [9.17, 15) is 9.18 Å². The summed E-state index contributed by atoms with van der Waals surface area (Å²) in [4.78, 5) is 17.1. The smallest absolute Gasteiger partial charge is 0.159 e. The summed E-state index contributed by atoms with van der Waals surface area (Å²) < 4.78 is 13.7. The Kier molecular flexibility index (Phi) is 7.06. The molecule has 0 unspecified atom stereocenters. The molecule has 0 N–H and O–H groups in total. The number of nitrogens with zero attached hydrogens (tertiary/aromatic N) is 2. The summed E-state index contributed by atoms with van der Waals surface area (Å²) in [6.07, 6.45) is 0. The minimum atomic E-state index is -0.184. The van der Waals surface area contributed by atoms with Crippen molar-refractivity contribution in [3.8, 4) is 0 Å². The minimum Gasteiger partial charge on any atom is -0.295 e. The molecule has 3 atom stereocenters. The van der Waals surface area contributed by atoms with Crippen molar-refractivity contribution in [3.05, 3.63) is 106 Å². The standard InChI is InChI=1S/C29H33FN2O/c1-20-8-5-11-26(14-20)29(27-12-7-10-25(16-27)23(4)33)32-18-21(2)31(17-22(32)3)19-24-9-6-13-28(30)15-24/h5-16,21-22,29H,17-19H2,1-4H3/t21-,22+,29-/m1/s1. The summed E-state index contributed by atoms with van der Waals surface area (Å²) in [5.41, 5.74) is 5.37. The summed E-state index contributed by atoms with van der Waals surface area (Å²) in [5.74, 6) is -0.0992. The Morgan fingerprint density at radius 1 is 0.939 bits per heavy atom. The van der Waals surface area contributed by atoms with Crippen molar-refractivity contribution in [2.45, 2.75) is 52.4 Å². The van der Waals surface area contributed by atoms with Crippen molar-refractivity contribution in [1.29, 1.82) is 0 Å². The molecule has 4 rings (SSSR count). The van der Waals surface area contributed by atoms with Gasteiger partial charge in [0.1, 0.15) is 5.82 Å². The summed E-state index contributed by atoms with van der Waals surface area (Å²) in [6, 6.07) is 24.3. The van der Waals surface area contributed by atoms with Crippen LogP contribution in [0.5, 0.6) is 0 Å². The Hall–Kier alpha value is -2.82. The van der Waals surface area contributed by atoms with Crippen LogP contribution in [0.2, 0.25) is 0 Å². The third kappa shape index (κ3) is 5.40. The number of hydrogen-bond donors (Lipinski definition) is 0. The van der Waals surface area contributed by atoms with Gasteiger partial charge in [-0.15, -0.1) is 0 Å². The molecule has 1 aliphatic rings. The third-order valence-corrected chi connectivity index (χ3v) is 6.74. The van der Waals surface area contributed by atoms with Crippen molar-refractivity contribution in [3.63, 3.8) is 0 Å². The van der Waals surface area contributed by atoms with E-state index in [2.05, 4.69) is 60.9 Å². The first-order chi connectivity index (χ1) is 15.8. The van der Waals surface area contributed by atoms with Crippen LogP contribution in [0.15, 0.2) is 72.8 Å². The van der Waals surface area contributed by atoms with Gasteiger partial charge in [-0.1, -0.05) is 60.2 Å². The molecule has 33 heavy (non-hydrogen) atoms. The first kappa shape index (κ1) is 23.3. The van der Waals surface area contributed by atoms with Gasteiger partial charge in [0, 0.05) is 37.3 Å². The van der Waals surface area contributed by atoms with Crippen LogP contribution in [0.3, 0.4) is 0 Å². The number of carbonyl (C=O) groups excluding carboxylic acids is 1. The first-order valence-electron chi connectivity index (χ1n) is 11.7. The van der Waals surface area contributed by atoms with Crippen LogP contribution in [-0.2, 0) is 6.54 Å². The van der Waals surface area contributed by atoms with Gasteiger partial charge >= 0.3 is 0 Å². The second kappa shape index (κ2) is 9.98. The monoisotopic (exact) mass is 444 g/mol. The van der Waals surface area contributed by atoms with Crippen molar-refractivity contribution in [2.75, 3.05) is 13.1 Å². The Balaban J connectivity index is 1.65. The molecule has 0 saturated carbocycles. The zero-order chi connectivity index (χ0) is 23.5. The number of carbonyl (C=O) groups is 1. The molecule has 0 spiro atoms. The van der Waals surface area contributed by atoms with Crippen LogP contribution < -0.4 is 0 Å². The molecule has 0 amide bonds. The predicted octanol–water partition coefficient (Wildman–Crippen LogP) is 6.02. The van der Waals surface area contributed by atoms with Crippen molar-refractivity contribution in [1.82, 2.24) is 9.80 Å². The van der Waals surface area contributed by atoms with E-state index in [4.69, 9.17) is 0 Å². The molecule has 3 aromatic carbocycles. The molecule has 1 saturated heterocycles. The lowest BCUT2D eigenvalue weighted by atomic mass is 9.91. The topological polar surface area (TPSA) is 23.6 Å². The Bertz CT molecular complexity index is 1130. The maximum Gasteiger partial charge on any atom is 0.159 e. The number of benzene rings is 3. The fourth-order valence-electron chi connectivity index (χ4n) is 5.02. The SMILES string of the molecule is CC(=O)c1cccc([C@@H](c2cccc(C)c2)N2C[C@@H](C)N(Cc3cccc(F)c3)C[C@@H]2C)c1. The predicted molar refractivity (Wildman–Crippen MR) is 132 cm³/mol. The van der Waals surface area contributed by atoms with Crippen molar-refractivity contribution < 1.29 is 9.18 Å². The Labute approximate surface area is 196 Å². The molecule has 172 valence electrons. The lowest BCUT2D eigenvalue weighted by Gasteiger charge is -2.48. The normalized spacial score (nSPS) is 20.5. The van der Waals surface area contributed by atoms with Crippen LogP contribution >= 0.6 is 0 Å². The summed E-state index contributed by atoms with van der Waals surface area (Å²) in [5, 5.41) is 0. The van der Waals surface area contributed by atoms with E-state index >= 15 is 0 Å². The van der Waals surface area contributed by atoms with Crippen LogP contribution in [0.1, 0.15) is 59.4 Å². The van der Waals surface area contributed by atoms with Gasteiger partial charge in [-0.2, -0.15) is 0 Å². The number of hydrogen-bond acceptors (Lipinski definition) is 3. The zero-order valence-electron chi connectivity index (χ0n) is 20.0. The maximum atomic E-state index is 13.7. The summed E-state index contributed by atoms with van der Waals surface area (Å²) in [6.45, 7) is 10.8. The van der Waals surface area contributed by atoms with Gasteiger partial charge in [-0.25, -0.2) is 4.39 Å². The van der Waals surface area contributed by atoms with E-state index in [0.717, 1.165) is 36.3 Å². The molecular weight excluding hydrogens is 411 g/mol. The summed E-state index contributed by atoms with van der Waals surface area (Å²) >= 11 is 0. The lowest BCUT2D eigenvalue weighted by molar-refractivity contribution is 0.0195. The quantitative estimate of drug-likeness (QED) is 0.434. The van der Waals surface area contributed by atoms with E-state index in [1.54, 1.807) is 19.1 Å². The molecule has 1 aliphatic heterocycles. The average Bonchev–Trinajstić information content (AvgIpc) is 2.77. The highest BCUT2D eigenvalue weighted by molar-refractivity contribution is 5.94. The van der Waals surface area contributed by atoms with Gasteiger partial charge in [-0.3, -0.25) is 14.6 Å². The largest absolute Gasteiger partial charge is 0.295 e. The number of Topliss-reactive ketones (excluding diaryl/α,β-unsaturated/α-hetero) is 1.